The summed E-state index contributed by atoms with van der Waals surface area (Å²) in [5.74, 6) is 0.763. The van der Waals surface area contributed by atoms with Crippen LogP contribution >= 0.6 is 0 Å². The second-order valence-electron chi connectivity index (χ2n) is 5.60. The van der Waals surface area contributed by atoms with Crippen LogP contribution in [-0.4, -0.2) is 55.2 Å². The first-order valence-corrected chi connectivity index (χ1v) is 7.62. The lowest BCUT2D eigenvalue weighted by Gasteiger charge is -2.17. The van der Waals surface area contributed by atoms with Crippen molar-refractivity contribution in [2.45, 2.75) is 37.2 Å². The molecule has 1 aromatic carbocycles. The highest BCUT2D eigenvalue weighted by Gasteiger charge is 2.47. The molecule has 2 aliphatic rings. The minimum Gasteiger partial charge on any atom is -0.494 e. The normalized spacial score (nSPS) is 30.0. The zero-order chi connectivity index (χ0) is 15.4. The number of ether oxygens (including phenoxy) is 3. The summed E-state index contributed by atoms with van der Waals surface area (Å²) in [6, 6.07) is 9.35. The SMILES string of the molecule is O=C(CCCOc1ccccc1)N[C@H]1CO[C@H]2[C@@H]1OC[C@@H]2O. The fourth-order valence-corrected chi connectivity index (χ4v) is 2.82. The van der Waals surface area contributed by atoms with Crippen molar-refractivity contribution < 1.29 is 24.1 Å². The molecule has 3 rings (SSSR count). The molecule has 120 valence electrons. The largest absolute Gasteiger partial charge is 0.494 e. The number of carbonyl (C=O) groups excluding carboxylic acids is 1. The van der Waals surface area contributed by atoms with Gasteiger partial charge in [0.15, 0.2) is 0 Å². The van der Waals surface area contributed by atoms with E-state index in [1.165, 1.54) is 0 Å². The molecule has 1 aromatic rings. The van der Waals surface area contributed by atoms with E-state index < -0.39 is 6.10 Å². The van der Waals surface area contributed by atoms with Gasteiger partial charge in [-0.05, 0) is 18.6 Å². The second kappa shape index (κ2) is 7.09. The maximum absolute atomic E-state index is 11.9. The average molecular weight is 307 g/mol. The quantitative estimate of drug-likeness (QED) is 0.748. The highest BCUT2D eigenvalue weighted by atomic mass is 16.6. The Balaban J connectivity index is 1.35. The minimum absolute atomic E-state index is 0.0455. The van der Waals surface area contributed by atoms with E-state index >= 15 is 0 Å². The highest BCUT2D eigenvalue weighted by molar-refractivity contribution is 5.76. The van der Waals surface area contributed by atoms with Crippen molar-refractivity contribution in [1.29, 1.82) is 0 Å². The molecule has 22 heavy (non-hydrogen) atoms. The van der Waals surface area contributed by atoms with E-state index in [1.807, 2.05) is 30.3 Å². The van der Waals surface area contributed by atoms with Crippen LogP contribution in [0.3, 0.4) is 0 Å². The molecule has 0 bridgehead atoms. The van der Waals surface area contributed by atoms with Crippen LogP contribution in [0.1, 0.15) is 12.8 Å². The molecule has 6 heteroatoms. The molecule has 0 unspecified atom stereocenters. The number of carbonyl (C=O) groups is 1. The van der Waals surface area contributed by atoms with Crippen LogP contribution in [0, 0.1) is 0 Å². The van der Waals surface area contributed by atoms with Crippen LogP contribution in [0.25, 0.3) is 0 Å². The van der Waals surface area contributed by atoms with Gasteiger partial charge >= 0.3 is 0 Å². The summed E-state index contributed by atoms with van der Waals surface area (Å²) in [6.07, 6.45) is -0.104. The molecule has 6 nitrogen and oxygen atoms in total. The fourth-order valence-electron chi connectivity index (χ4n) is 2.82. The third kappa shape index (κ3) is 3.58. The van der Waals surface area contributed by atoms with Gasteiger partial charge in [0.1, 0.15) is 24.1 Å². The van der Waals surface area contributed by atoms with E-state index in [4.69, 9.17) is 14.2 Å². The van der Waals surface area contributed by atoms with Gasteiger partial charge in [0.2, 0.25) is 5.91 Å². The zero-order valence-corrected chi connectivity index (χ0v) is 12.3. The van der Waals surface area contributed by atoms with Crippen LogP contribution in [0.4, 0.5) is 0 Å². The summed E-state index contributed by atoms with van der Waals surface area (Å²) in [4.78, 5) is 11.9. The summed E-state index contributed by atoms with van der Waals surface area (Å²) in [6.45, 7) is 1.16. The molecule has 2 fully saturated rings. The first-order valence-electron chi connectivity index (χ1n) is 7.62. The smallest absolute Gasteiger partial charge is 0.220 e. The van der Waals surface area contributed by atoms with Gasteiger partial charge in [-0.2, -0.15) is 0 Å². The molecule has 2 N–H and O–H groups in total. The molecule has 2 aliphatic heterocycles. The zero-order valence-electron chi connectivity index (χ0n) is 12.3. The second-order valence-corrected chi connectivity index (χ2v) is 5.60. The van der Waals surface area contributed by atoms with Gasteiger partial charge in [-0.1, -0.05) is 18.2 Å². The number of hydrogen-bond acceptors (Lipinski definition) is 5. The molecule has 0 radical (unpaired) electrons. The Labute approximate surface area is 129 Å². The summed E-state index contributed by atoms with van der Waals surface area (Å²) < 4.78 is 16.5. The molecule has 2 saturated heterocycles. The summed E-state index contributed by atoms with van der Waals surface area (Å²) in [7, 11) is 0. The summed E-state index contributed by atoms with van der Waals surface area (Å²) >= 11 is 0. The topological polar surface area (TPSA) is 77.0 Å². The van der Waals surface area contributed by atoms with Gasteiger partial charge in [-0.3, -0.25) is 4.79 Å². The number of aliphatic hydroxyl groups excluding tert-OH is 1. The van der Waals surface area contributed by atoms with Crippen LogP contribution in [-0.2, 0) is 14.3 Å². The Morgan fingerprint density at radius 1 is 1.23 bits per heavy atom. The van der Waals surface area contributed by atoms with Crippen molar-refractivity contribution >= 4 is 5.91 Å². The third-order valence-electron chi connectivity index (χ3n) is 3.93. The van der Waals surface area contributed by atoms with E-state index in [1.54, 1.807) is 0 Å². The van der Waals surface area contributed by atoms with Gasteiger partial charge in [-0.25, -0.2) is 0 Å². The van der Waals surface area contributed by atoms with E-state index in [-0.39, 0.29) is 30.8 Å². The Morgan fingerprint density at radius 2 is 2.00 bits per heavy atom. The van der Waals surface area contributed by atoms with Crippen LogP contribution in [0.15, 0.2) is 30.3 Å². The van der Waals surface area contributed by atoms with Crippen molar-refractivity contribution in [2.75, 3.05) is 19.8 Å². The number of hydrogen-bond donors (Lipinski definition) is 2. The Bertz CT molecular complexity index is 495. The average Bonchev–Trinajstić information content (AvgIpc) is 3.09. The van der Waals surface area contributed by atoms with E-state index in [0.29, 0.717) is 26.1 Å². The van der Waals surface area contributed by atoms with Crippen LogP contribution in [0.5, 0.6) is 5.75 Å². The minimum atomic E-state index is -0.592. The summed E-state index contributed by atoms with van der Waals surface area (Å²) in [5, 5.41) is 12.6. The third-order valence-corrected chi connectivity index (χ3v) is 3.93. The molecule has 0 aromatic heterocycles. The first kappa shape index (κ1) is 15.3. The standard InChI is InChI=1S/C16H21NO5/c18-13-10-22-15-12(9-21-16(13)15)17-14(19)7-4-8-20-11-5-2-1-3-6-11/h1-3,5-6,12-13,15-16,18H,4,7-10H2,(H,17,19)/t12-,13-,15+,16+/m0/s1. The number of benzene rings is 1. The molecule has 2 heterocycles. The lowest BCUT2D eigenvalue weighted by atomic mass is 10.1. The number of rotatable bonds is 6. The van der Waals surface area contributed by atoms with E-state index in [0.717, 1.165) is 5.75 Å². The first-order chi connectivity index (χ1) is 10.7. The van der Waals surface area contributed by atoms with Crippen LogP contribution in [0.2, 0.25) is 0 Å². The van der Waals surface area contributed by atoms with Gasteiger partial charge in [-0.15, -0.1) is 0 Å². The highest BCUT2D eigenvalue weighted by Crippen LogP contribution is 2.26. The van der Waals surface area contributed by atoms with Crippen molar-refractivity contribution in [3.05, 3.63) is 30.3 Å². The molecule has 0 spiro atoms. The molecule has 4 atom stereocenters. The molecular weight excluding hydrogens is 286 g/mol. The lowest BCUT2D eigenvalue weighted by Crippen LogP contribution is -2.44. The maximum Gasteiger partial charge on any atom is 0.220 e. The molecule has 0 saturated carbocycles. The number of para-hydroxylation sites is 1. The van der Waals surface area contributed by atoms with Gasteiger partial charge in [0.05, 0.1) is 25.9 Å². The maximum atomic E-state index is 11.9. The van der Waals surface area contributed by atoms with Crippen molar-refractivity contribution in [1.82, 2.24) is 5.32 Å². The molecular formula is C16H21NO5. The number of nitrogens with one attached hydrogen (secondary N) is 1. The Morgan fingerprint density at radius 3 is 2.82 bits per heavy atom. The predicted molar refractivity (Wildman–Crippen MR) is 78.6 cm³/mol. The van der Waals surface area contributed by atoms with Crippen molar-refractivity contribution in [2.24, 2.45) is 0 Å². The molecule has 0 aliphatic carbocycles. The Hall–Kier alpha value is -1.63. The van der Waals surface area contributed by atoms with Crippen molar-refractivity contribution in [3.63, 3.8) is 0 Å². The van der Waals surface area contributed by atoms with Gasteiger partial charge in [0, 0.05) is 6.42 Å². The van der Waals surface area contributed by atoms with Crippen LogP contribution < -0.4 is 10.1 Å². The lowest BCUT2D eigenvalue weighted by molar-refractivity contribution is -0.122. The molecule has 1 amide bonds. The predicted octanol–water partition coefficient (Wildman–Crippen LogP) is 0.489. The fraction of sp³-hybridized carbons (Fsp3) is 0.562. The number of amides is 1. The Kier molecular flexibility index (Phi) is 4.92. The number of aliphatic hydroxyl groups is 1. The van der Waals surface area contributed by atoms with Gasteiger partial charge in [0.25, 0.3) is 0 Å². The van der Waals surface area contributed by atoms with E-state index in [9.17, 15) is 9.90 Å². The van der Waals surface area contributed by atoms with Crippen molar-refractivity contribution in [3.8, 4) is 5.75 Å². The monoisotopic (exact) mass is 307 g/mol. The summed E-state index contributed by atoms with van der Waals surface area (Å²) in [5.41, 5.74) is 0. The van der Waals surface area contributed by atoms with Gasteiger partial charge < -0.3 is 24.6 Å². The van der Waals surface area contributed by atoms with E-state index in [2.05, 4.69) is 5.32 Å². The number of fused-ring (bicyclic) bond motifs is 1.